The van der Waals surface area contributed by atoms with Crippen LogP contribution in [0.3, 0.4) is 0 Å². The zero-order valence-corrected chi connectivity index (χ0v) is 7.57. The first-order chi connectivity index (χ1) is 6.52. The second-order valence-corrected chi connectivity index (χ2v) is 2.86. The van der Waals surface area contributed by atoms with Gasteiger partial charge in [0.05, 0.1) is 6.42 Å². The molecule has 6 heteroatoms. The Morgan fingerprint density at radius 3 is 2.79 bits per heavy atom. The van der Waals surface area contributed by atoms with Gasteiger partial charge in [-0.05, 0) is 6.42 Å². The van der Waals surface area contributed by atoms with E-state index in [1.807, 2.05) is 0 Å². The third kappa shape index (κ3) is 2.27. The minimum absolute atomic E-state index is 0.0811. The van der Waals surface area contributed by atoms with Gasteiger partial charge < -0.3 is 9.67 Å². The van der Waals surface area contributed by atoms with E-state index in [0.717, 1.165) is 0 Å². The Hall–Kier alpha value is -1.46. The molecule has 1 aromatic rings. The molecular formula is C8H10F2N2O2. The van der Waals surface area contributed by atoms with Gasteiger partial charge in [0.15, 0.2) is 5.82 Å². The zero-order valence-electron chi connectivity index (χ0n) is 7.57. The van der Waals surface area contributed by atoms with Crippen LogP contribution in [0.5, 0.6) is 0 Å². The maximum Gasteiger partial charge on any atom is 0.303 e. The summed E-state index contributed by atoms with van der Waals surface area (Å²) >= 11 is 0. The number of halogens is 2. The third-order valence-corrected chi connectivity index (χ3v) is 1.91. The Bertz CT molecular complexity index is 336. The molecule has 0 aliphatic rings. The summed E-state index contributed by atoms with van der Waals surface area (Å²) in [6.45, 7) is 0. The Balaban J connectivity index is 2.74. The lowest BCUT2D eigenvalue weighted by Gasteiger charge is -2.03. The average molecular weight is 204 g/mol. The largest absolute Gasteiger partial charge is 0.481 e. The van der Waals surface area contributed by atoms with Crippen molar-refractivity contribution in [1.82, 2.24) is 9.55 Å². The van der Waals surface area contributed by atoms with Crippen LogP contribution in [0.25, 0.3) is 0 Å². The van der Waals surface area contributed by atoms with Crippen molar-refractivity contribution in [3.05, 3.63) is 17.7 Å². The number of carboxylic acid groups (broad SMARTS) is 1. The fourth-order valence-electron chi connectivity index (χ4n) is 1.13. The van der Waals surface area contributed by atoms with Crippen LogP contribution >= 0.6 is 0 Å². The van der Waals surface area contributed by atoms with Crippen molar-refractivity contribution in [3.63, 3.8) is 0 Å². The molecule has 0 atom stereocenters. The minimum atomic E-state index is -2.63. The molecule has 0 aliphatic heterocycles. The lowest BCUT2D eigenvalue weighted by atomic mass is 10.2. The normalized spacial score (nSPS) is 10.9. The van der Waals surface area contributed by atoms with Crippen LogP contribution in [0.1, 0.15) is 24.4 Å². The fraction of sp³-hybridized carbons (Fsp3) is 0.500. The van der Waals surface area contributed by atoms with E-state index in [2.05, 4.69) is 4.98 Å². The lowest BCUT2D eigenvalue weighted by molar-refractivity contribution is -0.136. The smallest absolute Gasteiger partial charge is 0.303 e. The lowest BCUT2D eigenvalue weighted by Crippen LogP contribution is -2.05. The molecule has 0 aromatic carbocycles. The Morgan fingerprint density at radius 1 is 1.71 bits per heavy atom. The molecule has 4 nitrogen and oxygen atoms in total. The number of aromatic nitrogens is 2. The topological polar surface area (TPSA) is 55.1 Å². The second kappa shape index (κ2) is 4.17. The van der Waals surface area contributed by atoms with Crippen LogP contribution in [0.4, 0.5) is 8.78 Å². The van der Waals surface area contributed by atoms with E-state index in [4.69, 9.17) is 5.11 Å². The van der Waals surface area contributed by atoms with Crippen molar-refractivity contribution in [2.24, 2.45) is 7.05 Å². The van der Waals surface area contributed by atoms with Gasteiger partial charge in [0.2, 0.25) is 0 Å². The molecule has 0 saturated heterocycles. The molecule has 0 unspecified atom stereocenters. The van der Waals surface area contributed by atoms with E-state index in [1.165, 1.54) is 17.8 Å². The van der Waals surface area contributed by atoms with E-state index in [1.54, 1.807) is 0 Å². The Kier molecular flexibility index (Phi) is 3.16. The SMILES string of the molecule is Cn1c(CCC(=O)O)cnc1C(F)F. The van der Waals surface area contributed by atoms with Crippen LogP contribution in [0, 0.1) is 0 Å². The first-order valence-corrected chi connectivity index (χ1v) is 4.02. The summed E-state index contributed by atoms with van der Waals surface area (Å²) in [6.07, 6.45) is -1.21. The quantitative estimate of drug-likeness (QED) is 0.805. The highest BCUT2D eigenvalue weighted by Crippen LogP contribution is 2.18. The number of aliphatic carboxylic acids is 1. The van der Waals surface area contributed by atoms with Gasteiger partial charge in [0, 0.05) is 18.9 Å². The van der Waals surface area contributed by atoms with E-state index in [9.17, 15) is 13.6 Å². The molecule has 1 rings (SSSR count). The summed E-state index contributed by atoms with van der Waals surface area (Å²) in [5, 5.41) is 8.40. The van der Waals surface area contributed by atoms with Crippen molar-refractivity contribution >= 4 is 5.97 Å². The number of nitrogens with zero attached hydrogens (tertiary/aromatic N) is 2. The van der Waals surface area contributed by atoms with Gasteiger partial charge in [0.25, 0.3) is 6.43 Å². The monoisotopic (exact) mass is 204 g/mol. The van der Waals surface area contributed by atoms with E-state index < -0.39 is 12.4 Å². The van der Waals surface area contributed by atoms with Gasteiger partial charge in [-0.1, -0.05) is 0 Å². The van der Waals surface area contributed by atoms with Gasteiger partial charge in [-0.25, -0.2) is 13.8 Å². The van der Waals surface area contributed by atoms with E-state index >= 15 is 0 Å². The summed E-state index contributed by atoms with van der Waals surface area (Å²) in [5.74, 6) is -1.28. The number of imidazole rings is 1. The summed E-state index contributed by atoms with van der Waals surface area (Å²) < 4.78 is 25.7. The van der Waals surface area contributed by atoms with Crippen molar-refractivity contribution in [3.8, 4) is 0 Å². The molecule has 0 radical (unpaired) electrons. The average Bonchev–Trinajstić information content (AvgIpc) is 2.43. The summed E-state index contributed by atoms with van der Waals surface area (Å²) in [4.78, 5) is 13.8. The van der Waals surface area contributed by atoms with E-state index in [-0.39, 0.29) is 18.7 Å². The second-order valence-electron chi connectivity index (χ2n) is 2.86. The number of alkyl halides is 2. The van der Waals surface area contributed by atoms with E-state index in [0.29, 0.717) is 5.69 Å². The molecule has 0 aliphatic carbocycles. The number of aryl methyl sites for hydroxylation is 1. The van der Waals surface area contributed by atoms with Crippen molar-refractivity contribution in [2.45, 2.75) is 19.3 Å². The molecule has 1 N–H and O–H groups in total. The molecule has 1 heterocycles. The Labute approximate surface area is 79.2 Å². The molecule has 14 heavy (non-hydrogen) atoms. The number of hydrogen-bond acceptors (Lipinski definition) is 2. The molecule has 0 fully saturated rings. The maximum absolute atomic E-state index is 12.2. The first kappa shape index (κ1) is 10.6. The highest BCUT2D eigenvalue weighted by molar-refractivity contribution is 5.66. The van der Waals surface area contributed by atoms with Crippen LogP contribution in [-0.2, 0) is 18.3 Å². The van der Waals surface area contributed by atoms with Crippen LogP contribution in [0.15, 0.2) is 6.20 Å². The highest BCUT2D eigenvalue weighted by Gasteiger charge is 2.15. The predicted molar refractivity (Wildman–Crippen MR) is 44.1 cm³/mol. The molecule has 0 bridgehead atoms. The molecular weight excluding hydrogens is 194 g/mol. The van der Waals surface area contributed by atoms with Crippen LogP contribution in [-0.4, -0.2) is 20.6 Å². The molecule has 78 valence electrons. The highest BCUT2D eigenvalue weighted by atomic mass is 19.3. The first-order valence-electron chi connectivity index (χ1n) is 4.02. The van der Waals surface area contributed by atoms with Gasteiger partial charge in [-0.3, -0.25) is 4.79 Å². The van der Waals surface area contributed by atoms with Crippen molar-refractivity contribution in [2.75, 3.05) is 0 Å². The maximum atomic E-state index is 12.2. The third-order valence-electron chi connectivity index (χ3n) is 1.91. The number of carbonyl (C=O) groups is 1. The summed E-state index contributed by atoms with van der Waals surface area (Å²) in [6, 6.07) is 0. The van der Waals surface area contributed by atoms with Crippen LogP contribution < -0.4 is 0 Å². The number of carboxylic acids is 1. The molecule has 0 saturated carbocycles. The number of hydrogen-bond donors (Lipinski definition) is 1. The predicted octanol–water partition coefficient (Wildman–Crippen LogP) is 1.37. The van der Waals surface area contributed by atoms with Gasteiger partial charge >= 0.3 is 5.97 Å². The van der Waals surface area contributed by atoms with Gasteiger partial charge in [-0.15, -0.1) is 0 Å². The summed E-state index contributed by atoms with van der Waals surface area (Å²) in [7, 11) is 1.45. The van der Waals surface area contributed by atoms with Gasteiger partial charge in [0.1, 0.15) is 0 Å². The minimum Gasteiger partial charge on any atom is -0.481 e. The van der Waals surface area contributed by atoms with Gasteiger partial charge in [-0.2, -0.15) is 0 Å². The van der Waals surface area contributed by atoms with Crippen molar-refractivity contribution in [1.29, 1.82) is 0 Å². The zero-order chi connectivity index (χ0) is 10.7. The van der Waals surface area contributed by atoms with Crippen molar-refractivity contribution < 1.29 is 18.7 Å². The summed E-state index contributed by atoms with van der Waals surface area (Å²) in [5.41, 5.74) is 0.503. The molecule has 1 aromatic heterocycles. The van der Waals surface area contributed by atoms with Crippen LogP contribution in [0.2, 0.25) is 0 Å². The molecule has 0 amide bonds. The standard InChI is InChI=1S/C8H10F2N2O2/c1-12-5(2-3-6(13)14)4-11-8(12)7(9)10/h4,7H,2-3H2,1H3,(H,13,14). The fourth-order valence-corrected chi connectivity index (χ4v) is 1.13. The Morgan fingerprint density at radius 2 is 2.36 bits per heavy atom. The molecule has 0 spiro atoms. The number of rotatable bonds is 4.